The van der Waals surface area contributed by atoms with E-state index >= 15 is 0 Å². The minimum Gasteiger partial charge on any atom is -0.347 e. The minimum absolute atomic E-state index is 0.0527. The van der Waals surface area contributed by atoms with E-state index in [1.54, 1.807) is 12.5 Å². The lowest BCUT2D eigenvalue weighted by atomic mass is 10.0. The minimum atomic E-state index is -0.0527. The van der Waals surface area contributed by atoms with E-state index in [9.17, 15) is 4.79 Å². The molecule has 1 atom stereocenters. The number of carbonyl (C=O) groups is 1. The molecule has 0 saturated heterocycles. The number of rotatable bonds is 5. The molecule has 1 amide bonds. The number of aryl methyl sites for hydroxylation is 2. The summed E-state index contributed by atoms with van der Waals surface area (Å²) >= 11 is 0. The molecule has 0 unspecified atom stereocenters. The summed E-state index contributed by atoms with van der Waals surface area (Å²) in [6.45, 7) is 6.72. The molecule has 5 heteroatoms. The van der Waals surface area contributed by atoms with Gasteiger partial charge in [0.25, 0.3) is 5.91 Å². The van der Waals surface area contributed by atoms with Gasteiger partial charge < -0.3 is 9.88 Å². The van der Waals surface area contributed by atoms with Crippen molar-refractivity contribution in [2.75, 3.05) is 0 Å². The van der Waals surface area contributed by atoms with Crippen molar-refractivity contribution < 1.29 is 4.79 Å². The fourth-order valence-corrected chi connectivity index (χ4v) is 2.90. The van der Waals surface area contributed by atoms with E-state index in [2.05, 4.69) is 22.2 Å². The molecular formula is C19H22N4O. The molecule has 0 radical (unpaired) electrons. The van der Waals surface area contributed by atoms with Gasteiger partial charge in [0.2, 0.25) is 0 Å². The monoisotopic (exact) mass is 322 g/mol. The van der Waals surface area contributed by atoms with Crippen LogP contribution in [-0.4, -0.2) is 26.5 Å². The summed E-state index contributed by atoms with van der Waals surface area (Å²) in [7, 11) is 0. The number of para-hydroxylation sites is 1. The molecule has 3 rings (SSSR count). The highest BCUT2D eigenvalue weighted by Crippen LogP contribution is 2.21. The SMILES string of the molecule is CC[C@H](Cn1ccnc1)NC(=O)c1cc(C)nc2c(C)cccc12. The van der Waals surface area contributed by atoms with Crippen LogP contribution in [0, 0.1) is 13.8 Å². The van der Waals surface area contributed by atoms with E-state index in [0.717, 1.165) is 28.6 Å². The maximum Gasteiger partial charge on any atom is 0.252 e. The van der Waals surface area contributed by atoms with Gasteiger partial charge in [0.1, 0.15) is 0 Å². The van der Waals surface area contributed by atoms with Crippen LogP contribution >= 0.6 is 0 Å². The second kappa shape index (κ2) is 6.83. The Balaban J connectivity index is 1.89. The van der Waals surface area contributed by atoms with Crippen molar-refractivity contribution in [1.82, 2.24) is 19.9 Å². The maximum atomic E-state index is 12.9. The van der Waals surface area contributed by atoms with Crippen LogP contribution in [0.5, 0.6) is 0 Å². The summed E-state index contributed by atoms with van der Waals surface area (Å²) in [5.74, 6) is -0.0527. The Kier molecular flexibility index (Phi) is 4.60. The van der Waals surface area contributed by atoms with Crippen molar-refractivity contribution in [2.24, 2.45) is 0 Å². The van der Waals surface area contributed by atoms with Gasteiger partial charge in [0.15, 0.2) is 0 Å². The van der Waals surface area contributed by atoms with Gasteiger partial charge in [-0.15, -0.1) is 0 Å². The van der Waals surface area contributed by atoms with Crippen LogP contribution in [0.1, 0.15) is 35.0 Å². The van der Waals surface area contributed by atoms with E-state index in [0.29, 0.717) is 12.1 Å². The summed E-state index contributed by atoms with van der Waals surface area (Å²) in [5, 5.41) is 4.04. The molecule has 0 fully saturated rings. The Morgan fingerprint density at radius 1 is 1.33 bits per heavy atom. The molecule has 124 valence electrons. The largest absolute Gasteiger partial charge is 0.347 e. The number of hydrogen-bond acceptors (Lipinski definition) is 3. The van der Waals surface area contributed by atoms with Gasteiger partial charge >= 0.3 is 0 Å². The lowest BCUT2D eigenvalue weighted by Gasteiger charge is -2.18. The quantitative estimate of drug-likeness (QED) is 0.784. The molecule has 0 spiro atoms. The fourth-order valence-electron chi connectivity index (χ4n) is 2.90. The first kappa shape index (κ1) is 16.2. The first-order valence-corrected chi connectivity index (χ1v) is 8.22. The van der Waals surface area contributed by atoms with Gasteiger partial charge in [-0.25, -0.2) is 4.98 Å². The molecule has 0 aliphatic rings. The Morgan fingerprint density at radius 2 is 2.17 bits per heavy atom. The van der Waals surface area contributed by atoms with E-state index in [-0.39, 0.29) is 11.9 Å². The average Bonchev–Trinajstić information content (AvgIpc) is 3.07. The average molecular weight is 322 g/mol. The summed E-state index contributed by atoms with van der Waals surface area (Å²) in [6, 6.07) is 7.86. The van der Waals surface area contributed by atoms with Crippen molar-refractivity contribution in [3.05, 3.63) is 59.8 Å². The smallest absolute Gasteiger partial charge is 0.252 e. The highest BCUT2D eigenvalue weighted by atomic mass is 16.1. The standard InChI is InChI=1S/C19H22N4O/c1-4-15(11-23-9-8-20-12-23)22-19(24)17-10-14(3)21-18-13(2)6-5-7-16(17)18/h5-10,12,15H,4,11H2,1-3H3,(H,22,24)/t15-/m1/s1. The Hall–Kier alpha value is -2.69. The predicted octanol–water partition coefficient (Wildman–Crippen LogP) is 3.26. The number of nitrogens with one attached hydrogen (secondary N) is 1. The van der Waals surface area contributed by atoms with Crippen LogP contribution in [0.4, 0.5) is 0 Å². The number of benzene rings is 1. The van der Waals surface area contributed by atoms with Gasteiger partial charge in [-0.3, -0.25) is 9.78 Å². The third kappa shape index (κ3) is 3.30. The zero-order chi connectivity index (χ0) is 17.1. The van der Waals surface area contributed by atoms with Crippen molar-refractivity contribution in [1.29, 1.82) is 0 Å². The molecule has 24 heavy (non-hydrogen) atoms. The predicted molar refractivity (Wildman–Crippen MR) is 95.0 cm³/mol. The first-order chi connectivity index (χ1) is 11.6. The number of fused-ring (bicyclic) bond motifs is 1. The molecule has 5 nitrogen and oxygen atoms in total. The van der Waals surface area contributed by atoms with Crippen LogP contribution in [-0.2, 0) is 6.54 Å². The van der Waals surface area contributed by atoms with Crippen molar-refractivity contribution in [2.45, 2.75) is 39.8 Å². The van der Waals surface area contributed by atoms with E-state index in [1.165, 1.54) is 0 Å². The summed E-state index contributed by atoms with van der Waals surface area (Å²) in [6.07, 6.45) is 6.27. The summed E-state index contributed by atoms with van der Waals surface area (Å²) < 4.78 is 1.98. The normalized spacial score (nSPS) is 12.3. The highest BCUT2D eigenvalue weighted by molar-refractivity contribution is 6.06. The van der Waals surface area contributed by atoms with Crippen LogP contribution in [0.3, 0.4) is 0 Å². The van der Waals surface area contributed by atoms with Crippen molar-refractivity contribution in [3.63, 3.8) is 0 Å². The number of aromatic nitrogens is 3. The molecule has 1 N–H and O–H groups in total. The van der Waals surface area contributed by atoms with Crippen LogP contribution in [0.2, 0.25) is 0 Å². The molecule has 0 aliphatic carbocycles. The van der Waals surface area contributed by atoms with Crippen LogP contribution in [0.15, 0.2) is 43.0 Å². The lowest BCUT2D eigenvalue weighted by molar-refractivity contribution is 0.0933. The second-order valence-corrected chi connectivity index (χ2v) is 6.12. The summed E-state index contributed by atoms with van der Waals surface area (Å²) in [5.41, 5.74) is 3.51. The van der Waals surface area contributed by atoms with Gasteiger partial charge in [-0.05, 0) is 31.9 Å². The number of imidazole rings is 1. The molecule has 2 heterocycles. The molecule has 3 aromatic rings. The number of amides is 1. The zero-order valence-electron chi connectivity index (χ0n) is 14.3. The fraction of sp³-hybridized carbons (Fsp3) is 0.316. The molecule has 0 saturated carbocycles. The number of carbonyl (C=O) groups excluding carboxylic acids is 1. The summed E-state index contributed by atoms with van der Waals surface area (Å²) in [4.78, 5) is 21.5. The van der Waals surface area contributed by atoms with Crippen LogP contribution in [0.25, 0.3) is 10.9 Å². The molecule has 0 bridgehead atoms. The van der Waals surface area contributed by atoms with Gasteiger partial charge in [0, 0.05) is 36.1 Å². The maximum absolute atomic E-state index is 12.9. The number of pyridine rings is 1. The molecular weight excluding hydrogens is 300 g/mol. The van der Waals surface area contributed by atoms with Crippen molar-refractivity contribution in [3.8, 4) is 0 Å². The number of hydrogen-bond donors (Lipinski definition) is 1. The van der Waals surface area contributed by atoms with Crippen molar-refractivity contribution >= 4 is 16.8 Å². The van der Waals surface area contributed by atoms with E-state index in [4.69, 9.17) is 0 Å². The molecule has 0 aliphatic heterocycles. The zero-order valence-corrected chi connectivity index (χ0v) is 14.3. The van der Waals surface area contributed by atoms with Gasteiger partial charge in [-0.2, -0.15) is 0 Å². The third-order valence-corrected chi connectivity index (χ3v) is 4.23. The molecule has 2 aromatic heterocycles. The third-order valence-electron chi connectivity index (χ3n) is 4.23. The Bertz CT molecular complexity index is 855. The number of nitrogens with zero attached hydrogens (tertiary/aromatic N) is 3. The Labute approximate surface area is 141 Å². The second-order valence-electron chi connectivity index (χ2n) is 6.12. The molecule has 1 aromatic carbocycles. The highest BCUT2D eigenvalue weighted by Gasteiger charge is 2.16. The Morgan fingerprint density at radius 3 is 2.88 bits per heavy atom. The van der Waals surface area contributed by atoms with E-state index < -0.39 is 0 Å². The van der Waals surface area contributed by atoms with Gasteiger partial charge in [0.05, 0.1) is 17.4 Å². The van der Waals surface area contributed by atoms with E-state index in [1.807, 2.05) is 48.9 Å². The first-order valence-electron chi connectivity index (χ1n) is 8.22. The van der Waals surface area contributed by atoms with Gasteiger partial charge in [-0.1, -0.05) is 25.1 Å². The van der Waals surface area contributed by atoms with Crippen LogP contribution < -0.4 is 5.32 Å². The lowest BCUT2D eigenvalue weighted by Crippen LogP contribution is -2.37. The topological polar surface area (TPSA) is 59.8 Å².